The van der Waals surface area contributed by atoms with E-state index in [1.165, 1.54) is 13.2 Å². The fourth-order valence-corrected chi connectivity index (χ4v) is 4.15. The Morgan fingerprint density at radius 1 is 0.967 bits per heavy atom. The molecule has 0 aliphatic rings. The number of carbonyl (C=O) groups excluding carboxylic acids is 3. The first-order valence-corrected chi connectivity index (χ1v) is 11.6. The maximum absolute atomic E-state index is 13.1. The molecule has 0 aliphatic carbocycles. The van der Waals surface area contributed by atoms with Gasteiger partial charge in [0.1, 0.15) is 10.6 Å². The predicted molar refractivity (Wildman–Crippen MR) is 114 cm³/mol. The van der Waals surface area contributed by atoms with Crippen LogP contribution in [0.2, 0.25) is 0 Å². The fourth-order valence-electron chi connectivity index (χ4n) is 2.24. The summed E-state index contributed by atoms with van der Waals surface area (Å²) in [5.41, 5.74) is -0.259. The average Bonchev–Trinajstić information content (AvgIpc) is 2.76. The van der Waals surface area contributed by atoms with Crippen LogP contribution in [0.3, 0.4) is 0 Å². The normalized spacial score (nSPS) is 12.8. The van der Waals surface area contributed by atoms with E-state index >= 15 is 0 Å². The van der Waals surface area contributed by atoms with Crippen molar-refractivity contribution in [1.29, 1.82) is 0 Å². The highest BCUT2D eigenvalue weighted by molar-refractivity contribution is 8.14. The molecule has 0 fully saturated rings. The lowest BCUT2D eigenvalue weighted by molar-refractivity contribution is -0.140. The quantitative estimate of drug-likeness (QED) is 0.181. The van der Waals surface area contributed by atoms with Gasteiger partial charge in [0.25, 0.3) is 5.91 Å². The third-order valence-corrected chi connectivity index (χ3v) is 6.17. The molecule has 30 heavy (non-hydrogen) atoms. The predicted octanol–water partition coefficient (Wildman–Crippen LogP) is 3.45. The molecule has 1 amide bonds. The molecule has 0 spiro atoms. The summed E-state index contributed by atoms with van der Waals surface area (Å²) < 4.78 is 33.0. The van der Waals surface area contributed by atoms with Gasteiger partial charge in [-0.15, -0.1) is 11.8 Å². The van der Waals surface area contributed by atoms with Crippen LogP contribution >= 0.6 is 19.4 Å². The smallest absolute Gasteiger partial charge is 0.369 e. The zero-order valence-corrected chi connectivity index (χ0v) is 19.1. The van der Waals surface area contributed by atoms with Gasteiger partial charge in [-0.3, -0.25) is 9.36 Å². The molecule has 0 aromatic heterocycles. The Hall–Kier alpha value is -2.26. The van der Waals surface area contributed by atoms with Gasteiger partial charge < -0.3 is 18.5 Å². The van der Waals surface area contributed by atoms with Crippen molar-refractivity contribution in [3.05, 3.63) is 46.8 Å². The van der Waals surface area contributed by atoms with E-state index in [4.69, 9.17) is 18.5 Å². The Morgan fingerprint density at radius 3 is 1.97 bits per heavy atom. The minimum absolute atomic E-state index is 0.0446. The van der Waals surface area contributed by atoms with E-state index in [1.54, 1.807) is 37.3 Å². The second kappa shape index (κ2) is 12.4. The number of rotatable bonds is 9. The average molecular weight is 457 g/mol. The lowest BCUT2D eigenvalue weighted by atomic mass is 10.2. The summed E-state index contributed by atoms with van der Waals surface area (Å²) in [4.78, 5) is 42.0. The third-order valence-electron chi connectivity index (χ3n) is 3.57. The van der Waals surface area contributed by atoms with Gasteiger partial charge in [0, 0.05) is 19.8 Å². The number of ether oxygens (including phenoxy) is 2. The van der Waals surface area contributed by atoms with Crippen molar-refractivity contribution in [3.8, 4) is 0 Å². The van der Waals surface area contributed by atoms with Gasteiger partial charge in [-0.25, -0.2) is 14.6 Å². The van der Waals surface area contributed by atoms with E-state index in [2.05, 4.69) is 4.99 Å². The summed E-state index contributed by atoms with van der Waals surface area (Å²) in [6, 6.07) is 8.11. The first-order valence-electron chi connectivity index (χ1n) is 8.82. The molecule has 11 heteroatoms. The summed E-state index contributed by atoms with van der Waals surface area (Å²) in [6.45, 7) is 2.97. The van der Waals surface area contributed by atoms with Crippen LogP contribution in [-0.4, -0.2) is 56.6 Å². The van der Waals surface area contributed by atoms with Crippen LogP contribution in [0, 0.1) is 0 Å². The first-order chi connectivity index (χ1) is 14.3. The topological polar surface area (TPSA) is 118 Å². The molecule has 0 atom stereocenters. The molecule has 0 aliphatic heterocycles. The van der Waals surface area contributed by atoms with E-state index in [0.29, 0.717) is 0 Å². The van der Waals surface area contributed by atoms with Gasteiger partial charge in [0.05, 0.1) is 13.2 Å². The third kappa shape index (κ3) is 6.37. The maximum atomic E-state index is 13.1. The molecule has 1 aromatic rings. The molecule has 0 radical (unpaired) electrons. The van der Waals surface area contributed by atoms with E-state index in [-0.39, 0.29) is 23.8 Å². The summed E-state index contributed by atoms with van der Waals surface area (Å²) in [5, 5.41) is -0.888. The molecule has 0 N–H and O–H groups in total. The van der Waals surface area contributed by atoms with E-state index < -0.39 is 36.3 Å². The van der Waals surface area contributed by atoms with E-state index in [9.17, 15) is 18.9 Å². The van der Waals surface area contributed by atoms with Crippen LogP contribution in [0.1, 0.15) is 24.2 Å². The Bertz CT molecular complexity index is 874. The van der Waals surface area contributed by atoms with E-state index in [0.717, 1.165) is 26.0 Å². The number of amides is 1. The van der Waals surface area contributed by atoms with Gasteiger partial charge in [-0.05, 0) is 32.2 Å². The summed E-state index contributed by atoms with van der Waals surface area (Å²) in [6.07, 6.45) is 1.53. The summed E-state index contributed by atoms with van der Waals surface area (Å²) in [5.74, 6) is -2.81. The van der Waals surface area contributed by atoms with Crippen molar-refractivity contribution in [2.45, 2.75) is 13.8 Å². The minimum Gasteiger partial charge on any atom is -0.462 e. The maximum Gasteiger partial charge on any atom is 0.369 e. The lowest BCUT2D eigenvalue weighted by Gasteiger charge is -2.19. The number of aliphatic imine (C=N–C) groups is 1. The number of thioether (sulfide) groups is 1. The zero-order valence-electron chi connectivity index (χ0n) is 17.4. The van der Waals surface area contributed by atoms with Crippen molar-refractivity contribution >= 4 is 42.2 Å². The molecular weight excluding hydrogens is 433 g/mol. The molecule has 1 rings (SSSR count). The van der Waals surface area contributed by atoms with Crippen molar-refractivity contribution in [2.75, 3.05) is 33.7 Å². The Balaban J connectivity index is 3.84. The van der Waals surface area contributed by atoms with Crippen LogP contribution in [0.4, 0.5) is 0 Å². The molecule has 0 heterocycles. The molecule has 9 nitrogen and oxygen atoms in total. The van der Waals surface area contributed by atoms with Gasteiger partial charge >= 0.3 is 19.5 Å². The van der Waals surface area contributed by atoms with Crippen molar-refractivity contribution in [2.24, 2.45) is 4.99 Å². The standard InChI is InChI=1S/C19H24NO8PS/c1-6-27-18(22)14(15(19(23)28-7-2)29(24,25-3)26-4)17(30-5)20-16(21)13-11-9-8-10-12-13/h8-12H,6-7H2,1-5H3/b15-14+,20-17?. The Labute approximate surface area is 179 Å². The fraction of sp³-hybridized carbons (Fsp3) is 0.368. The Morgan fingerprint density at radius 2 is 1.50 bits per heavy atom. The van der Waals surface area contributed by atoms with Crippen LogP contribution in [0.15, 0.2) is 46.2 Å². The van der Waals surface area contributed by atoms with Crippen molar-refractivity contribution < 1.29 is 37.5 Å². The van der Waals surface area contributed by atoms with Gasteiger partial charge in [0.15, 0.2) is 5.31 Å². The highest BCUT2D eigenvalue weighted by Crippen LogP contribution is 2.56. The highest BCUT2D eigenvalue weighted by Gasteiger charge is 2.42. The highest BCUT2D eigenvalue weighted by atomic mass is 32.2. The molecule has 164 valence electrons. The van der Waals surface area contributed by atoms with Gasteiger partial charge in [0.2, 0.25) is 0 Å². The molecular formula is C19H24NO8PS. The minimum atomic E-state index is -4.29. The Kier molecular flexibility index (Phi) is 10.7. The van der Waals surface area contributed by atoms with Gasteiger partial charge in [-0.2, -0.15) is 0 Å². The second-order valence-corrected chi connectivity index (χ2v) is 8.29. The van der Waals surface area contributed by atoms with Crippen LogP contribution < -0.4 is 0 Å². The number of hydrogen-bond acceptors (Lipinski definition) is 9. The second-order valence-electron chi connectivity index (χ2n) is 5.32. The molecule has 0 unspecified atom stereocenters. The van der Waals surface area contributed by atoms with Crippen molar-refractivity contribution in [1.82, 2.24) is 0 Å². The van der Waals surface area contributed by atoms with Crippen LogP contribution in [0.25, 0.3) is 0 Å². The van der Waals surface area contributed by atoms with E-state index in [1.807, 2.05) is 0 Å². The van der Waals surface area contributed by atoms with Crippen LogP contribution in [-0.2, 0) is 32.7 Å². The lowest BCUT2D eigenvalue weighted by Crippen LogP contribution is -2.23. The largest absolute Gasteiger partial charge is 0.462 e. The SMILES string of the molecule is CCOC(=O)/C(C(=NC(=O)c1ccccc1)SC)=C(\C(=O)OCC)P(=O)(OC)OC. The van der Waals surface area contributed by atoms with Crippen molar-refractivity contribution in [3.63, 3.8) is 0 Å². The molecule has 1 aromatic carbocycles. The van der Waals surface area contributed by atoms with Gasteiger partial charge in [-0.1, -0.05) is 18.2 Å². The first kappa shape index (κ1) is 25.8. The number of carbonyl (C=O) groups is 3. The number of hydrogen-bond donors (Lipinski definition) is 0. The number of esters is 2. The monoisotopic (exact) mass is 457 g/mol. The molecule has 0 bridgehead atoms. The van der Waals surface area contributed by atoms with Crippen LogP contribution in [0.5, 0.6) is 0 Å². The summed E-state index contributed by atoms with van der Waals surface area (Å²) >= 11 is 0.887. The molecule has 0 saturated carbocycles. The number of benzene rings is 1. The zero-order chi connectivity index (χ0) is 22.7. The molecule has 0 saturated heterocycles. The summed E-state index contributed by atoms with van der Waals surface area (Å²) in [7, 11) is -2.19. The number of nitrogens with zero attached hydrogens (tertiary/aromatic N) is 1.